The number of hydrogen-bond acceptors (Lipinski definition) is 2. The minimum absolute atomic E-state index is 0.327. The van der Waals surface area contributed by atoms with E-state index in [-0.39, 0.29) is 5.54 Å². The lowest BCUT2D eigenvalue weighted by Crippen LogP contribution is -2.52. The molecule has 1 aromatic carbocycles. The van der Waals surface area contributed by atoms with Crippen LogP contribution in [0, 0.1) is 6.92 Å². The number of rotatable bonds is 7. The van der Waals surface area contributed by atoms with Gasteiger partial charge in [0.15, 0.2) is 5.78 Å². The lowest BCUT2D eigenvalue weighted by Gasteiger charge is -2.38. The monoisotopic (exact) mass is 261 g/mol. The van der Waals surface area contributed by atoms with Crippen molar-refractivity contribution >= 4 is 5.78 Å². The summed E-state index contributed by atoms with van der Waals surface area (Å²) in [7, 11) is 0. The van der Waals surface area contributed by atoms with Gasteiger partial charge in [-0.15, -0.1) is 0 Å². The van der Waals surface area contributed by atoms with E-state index in [9.17, 15) is 4.79 Å². The van der Waals surface area contributed by atoms with Crippen molar-refractivity contribution in [2.24, 2.45) is 0 Å². The first-order chi connectivity index (χ1) is 8.99. The molecule has 19 heavy (non-hydrogen) atoms. The molecule has 0 aliphatic rings. The molecule has 1 atom stereocenters. The van der Waals surface area contributed by atoms with Crippen LogP contribution in [0.2, 0.25) is 0 Å². The molecule has 0 bridgehead atoms. The molecule has 1 aromatic rings. The van der Waals surface area contributed by atoms with Gasteiger partial charge in [-0.05, 0) is 44.5 Å². The van der Waals surface area contributed by atoms with Gasteiger partial charge in [0.2, 0.25) is 0 Å². The van der Waals surface area contributed by atoms with Gasteiger partial charge in [0.1, 0.15) is 0 Å². The highest BCUT2D eigenvalue weighted by molar-refractivity contribution is 5.90. The van der Waals surface area contributed by atoms with E-state index in [1.54, 1.807) is 0 Å². The van der Waals surface area contributed by atoms with E-state index in [1.807, 2.05) is 12.1 Å². The number of hydrogen-bond donors (Lipinski definition) is 0. The summed E-state index contributed by atoms with van der Waals surface area (Å²) in [5.74, 6) is 0.327. The highest BCUT2D eigenvalue weighted by Crippen LogP contribution is 2.23. The van der Waals surface area contributed by atoms with Crippen LogP contribution in [0.4, 0.5) is 0 Å². The first kappa shape index (κ1) is 15.9. The zero-order valence-electron chi connectivity index (χ0n) is 13.0. The predicted octanol–water partition coefficient (Wildman–Crippen LogP) is 3.62. The largest absolute Gasteiger partial charge is 0.297 e. The number of likely N-dealkylation sites (N-methyl/N-ethyl adjacent to an activating group) is 1. The third kappa shape index (κ3) is 3.44. The molecule has 0 spiro atoms. The number of ketones is 1. The Hall–Kier alpha value is -1.15. The van der Waals surface area contributed by atoms with E-state index < -0.39 is 0 Å². The van der Waals surface area contributed by atoms with E-state index in [2.05, 4.69) is 51.7 Å². The fourth-order valence-corrected chi connectivity index (χ4v) is 2.69. The average Bonchev–Trinajstić information content (AvgIpc) is 2.42. The van der Waals surface area contributed by atoms with E-state index in [1.165, 1.54) is 5.56 Å². The molecule has 1 rings (SSSR count). The van der Waals surface area contributed by atoms with Crippen molar-refractivity contribution < 1.29 is 4.79 Å². The van der Waals surface area contributed by atoms with Gasteiger partial charge in [0.25, 0.3) is 0 Å². The van der Waals surface area contributed by atoms with Crippen LogP contribution in [0.1, 0.15) is 45.2 Å². The number of nitrogens with zero attached hydrogens (tertiary/aromatic N) is 1. The lowest BCUT2D eigenvalue weighted by molar-refractivity contribution is -0.129. The van der Waals surface area contributed by atoms with Crippen molar-refractivity contribution in [2.45, 2.75) is 53.0 Å². The summed E-state index contributed by atoms with van der Waals surface area (Å²) in [6.45, 7) is 12.3. The van der Waals surface area contributed by atoms with Crippen LogP contribution >= 0.6 is 0 Å². The highest BCUT2D eigenvalue weighted by Gasteiger charge is 2.35. The van der Waals surface area contributed by atoms with Crippen LogP contribution in [-0.4, -0.2) is 29.3 Å². The van der Waals surface area contributed by atoms with Crippen LogP contribution in [0.15, 0.2) is 24.3 Å². The van der Waals surface area contributed by atoms with Crippen molar-refractivity contribution in [1.82, 2.24) is 4.90 Å². The quantitative estimate of drug-likeness (QED) is 0.747. The fraction of sp³-hybridized carbons (Fsp3) is 0.588. The second kappa shape index (κ2) is 6.85. The number of carbonyl (C=O) groups is 1. The molecule has 0 amide bonds. The van der Waals surface area contributed by atoms with Gasteiger partial charge in [0.05, 0.1) is 5.54 Å². The second-order valence-corrected chi connectivity index (χ2v) is 5.33. The van der Waals surface area contributed by atoms with Crippen molar-refractivity contribution in [2.75, 3.05) is 13.1 Å². The Kier molecular flexibility index (Phi) is 5.74. The number of carbonyl (C=O) groups excluding carboxylic acids is 1. The van der Waals surface area contributed by atoms with Crippen LogP contribution in [0.5, 0.6) is 0 Å². The maximum absolute atomic E-state index is 12.7. The minimum atomic E-state index is -0.341. The Bertz CT molecular complexity index is 423. The second-order valence-electron chi connectivity index (χ2n) is 5.33. The maximum Gasteiger partial charge on any atom is 0.157 e. The van der Waals surface area contributed by atoms with Crippen LogP contribution in [0.25, 0.3) is 0 Å². The molecule has 1 unspecified atom stereocenters. The highest BCUT2D eigenvalue weighted by atomic mass is 16.1. The smallest absolute Gasteiger partial charge is 0.157 e. The molecule has 106 valence electrons. The Labute approximate surface area is 117 Å². The molecule has 0 aliphatic heterocycles. The van der Waals surface area contributed by atoms with Crippen molar-refractivity contribution in [3.8, 4) is 0 Å². The first-order valence-corrected chi connectivity index (χ1v) is 7.32. The lowest BCUT2D eigenvalue weighted by atomic mass is 9.86. The summed E-state index contributed by atoms with van der Waals surface area (Å²) in [6.07, 6.45) is 1.40. The van der Waals surface area contributed by atoms with Crippen LogP contribution < -0.4 is 0 Å². The molecule has 0 N–H and O–H groups in total. The van der Waals surface area contributed by atoms with E-state index in [0.717, 1.165) is 25.1 Å². The third-order valence-electron chi connectivity index (χ3n) is 4.36. The standard InChI is InChI=1S/C17H27NO/c1-6-17(5,18(7-2)8-3)16(19)13-15-12-10-9-11-14(15)4/h9-12H,6-8,13H2,1-5H3. The Balaban J connectivity index is 2.94. The summed E-state index contributed by atoms with van der Waals surface area (Å²) < 4.78 is 0. The van der Waals surface area contributed by atoms with Gasteiger partial charge >= 0.3 is 0 Å². The van der Waals surface area contributed by atoms with Gasteiger partial charge in [0, 0.05) is 6.42 Å². The summed E-state index contributed by atoms with van der Waals surface area (Å²) in [5.41, 5.74) is 2.01. The topological polar surface area (TPSA) is 20.3 Å². The molecule has 0 aliphatic carbocycles. The molecule has 2 nitrogen and oxygen atoms in total. The average molecular weight is 261 g/mol. The summed E-state index contributed by atoms with van der Waals surface area (Å²) in [5, 5.41) is 0. The molecular weight excluding hydrogens is 234 g/mol. The molecule has 0 radical (unpaired) electrons. The third-order valence-corrected chi connectivity index (χ3v) is 4.36. The van der Waals surface area contributed by atoms with E-state index >= 15 is 0 Å². The maximum atomic E-state index is 12.7. The van der Waals surface area contributed by atoms with Gasteiger partial charge < -0.3 is 0 Å². The molecule has 0 fully saturated rings. The Morgan fingerprint density at radius 2 is 1.74 bits per heavy atom. The van der Waals surface area contributed by atoms with E-state index in [0.29, 0.717) is 12.2 Å². The van der Waals surface area contributed by atoms with E-state index in [4.69, 9.17) is 0 Å². The van der Waals surface area contributed by atoms with Crippen molar-refractivity contribution in [3.63, 3.8) is 0 Å². The molecule has 0 aromatic heterocycles. The van der Waals surface area contributed by atoms with Crippen LogP contribution in [-0.2, 0) is 11.2 Å². The van der Waals surface area contributed by atoms with Crippen LogP contribution in [0.3, 0.4) is 0 Å². The summed E-state index contributed by atoms with van der Waals surface area (Å²) in [4.78, 5) is 15.0. The zero-order chi connectivity index (χ0) is 14.5. The first-order valence-electron chi connectivity index (χ1n) is 7.32. The predicted molar refractivity (Wildman–Crippen MR) is 81.5 cm³/mol. The zero-order valence-corrected chi connectivity index (χ0v) is 13.0. The minimum Gasteiger partial charge on any atom is -0.297 e. The molecule has 0 heterocycles. The fourth-order valence-electron chi connectivity index (χ4n) is 2.69. The van der Waals surface area contributed by atoms with Crippen molar-refractivity contribution in [1.29, 1.82) is 0 Å². The summed E-state index contributed by atoms with van der Waals surface area (Å²) >= 11 is 0. The Morgan fingerprint density at radius 1 is 1.16 bits per heavy atom. The Morgan fingerprint density at radius 3 is 2.21 bits per heavy atom. The normalized spacial score (nSPS) is 14.4. The molecule has 0 saturated heterocycles. The summed E-state index contributed by atoms with van der Waals surface area (Å²) in [6, 6.07) is 8.16. The van der Waals surface area contributed by atoms with Gasteiger partial charge in [-0.2, -0.15) is 0 Å². The SMILES string of the molecule is CCN(CC)C(C)(CC)C(=O)Cc1ccccc1C. The van der Waals surface area contributed by atoms with Gasteiger partial charge in [-0.3, -0.25) is 9.69 Å². The number of benzene rings is 1. The molecule has 2 heteroatoms. The van der Waals surface area contributed by atoms with Crippen molar-refractivity contribution in [3.05, 3.63) is 35.4 Å². The number of aryl methyl sites for hydroxylation is 1. The molecule has 0 saturated carbocycles. The molecular formula is C17H27NO. The number of Topliss-reactive ketones (excluding diaryl/α,β-unsaturated/α-hetero) is 1. The van der Waals surface area contributed by atoms with Gasteiger partial charge in [-0.25, -0.2) is 0 Å². The van der Waals surface area contributed by atoms with Gasteiger partial charge in [-0.1, -0.05) is 45.0 Å².